The zero-order valence-electron chi connectivity index (χ0n) is 17.4. The number of hydrogen-bond acceptors (Lipinski definition) is 7. The molecule has 2 aliphatic rings. The van der Waals surface area contributed by atoms with Crippen LogP contribution in [0, 0.1) is 12.3 Å². The Morgan fingerprint density at radius 1 is 1.16 bits per heavy atom. The number of ether oxygens (including phenoxy) is 1. The van der Waals surface area contributed by atoms with Gasteiger partial charge < -0.3 is 4.74 Å². The first-order chi connectivity index (χ1) is 15.3. The van der Waals surface area contributed by atoms with Crippen molar-refractivity contribution >= 4 is 49.9 Å². The van der Waals surface area contributed by atoms with Crippen LogP contribution in [0.3, 0.4) is 0 Å². The summed E-state index contributed by atoms with van der Waals surface area (Å²) in [7, 11) is -3.67. The second kappa shape index (κ2) is 8.71. The van der Waals surface area contributed by atoms with Crippen LogP contribution in [0.4, 0.5) is 0 Å². The molecule has 2 aromatic rings. The number of nitrogens with one attached hydrogen (secondary N) is 1. The van der Waals surface area contributed by atoms with E-state index in [1.807, 2.05) is 31.2 Å². The molecule has 0 bridgehead atoms. The van der Waals surface area contributed by atoms with Crippen molar-refractivity contribution in [3.8, 4) is 5.75 Å². The van der Waals surface area contributed by atoms with Crippen molar-refractivity contribution in [3.63, 3.8) is 0 Å². The van der Waals surface area contributed by atoms with Crippen LogP contribution in [0.2, 0.25) is 0 Å². The highest BCUT2D eigenvalue weighted by Gasteiger charge is 2.42. The van der Waals surface area contributed by atoms with Gasteiger partial charge in [0.1, 0.15) is 18.2 Å². The molecule has 1 amide bonds. The molecule has 0 fully saturated rings. The summed E-state index contributed by atoms with van der Waals surface area (Å²) in [6, 6.07) is 15.0. The van der Waals surface area contributed by atoms with Crippen molar-refractivity contribution in [2.24, 2.45) is 9.39 Å². The molecule has 0 spiro atoms. The van der Waals surface area contributed by atoms with Crippen molar-refractivity contribution in [3.05, 3.63) is 70.8 Å². The first-order valence-electron chi connectivity index (χ1n) is 9.79. The van der Waals surface area contributed by atoms with Gasteiger partial charge in [0.2, 0.25) is 20.2 Å². The molecule has 0 radical (unpaired) electrons. The van der Waals surface area contributed by atoms with Gasteiger partial charge >= 0.3 is 0 Å². The van der Waals surface area contributed by atoms with E-state index in [0.717, 1.165) is 28.0 Å². The summed E-state index contributed by atoms with van der Waals surface area (Å²) in [5.41, 5.74) is 2.89. The molecule has 2 aliphatic heterocycles. The maximum absolute atomic E-state index is 12.5. The van der Waals surface area contributed by atoms with Crippen LogP contribution in [0.15, 0.2) is 63.5 Å². The lowest BCUT2D eigenvalue weighted by molar-refractivity contribution is -0.114. The predicted octanol–water partition coefficient (Wildman–Crippen LogP) is 3.59. The van der Waals surface area contributed by atoms with E-state index in [0.29, 0.717) is 17.9 Å². The molecule has 2 aromatic carbocycles. The first-order valence-corrected chi connectivity index (χ1v) is 12.2. The van der Waals surface area contributed by atoms with Gasteiger partial charge in [-0.3, -0.25) is 10.2 Å². The van der Waals surface area contributed by atoms with E-state index in [4.69, 9.17) is 10.1 Å². The average Bonchev–Trinajstić information content (AvgIpc) is 3.22. The van der Waals surface area contributed by atoms with Crippen LogP contribution >= 0.6 is 11.9 Å². The van der Waals surface area contributed by atoms with Crippen molar-refractivity contribution in [1.82, 2.24) is 4.90 Å². The van der Waals surface area contributed by atoms with Crippen LogP contribution in [0.5, 0.6) is 5.75 Å². The maximum Gasteiger partial charge on any atom is 0.283 e. The summed E-state index contributed by atoms with van der Waals surface area (Å²) >= 11 is 0.778. The predicted molar refractivity (Wildman–Crippen MR) is 126 cm³/mol. The summed E-state index contributed by atoms with van der Waals surface area (Å²) < 4.78 is 34.4. The number of nitrogens with zero attached hydrogens (tertiary/aromatic N) is 3. The Bertz CT molecular complexity index is 1300. The Morgan fingerprint density at radius 2 is 1.88 bits per heavy atom. The SMILES string of the molecule is CCS(=O)(=O)C1=NSC2=NC(=O)/C(=C\c3ccc(OCc4ccccc4C)cc3)C(=N)N21. The Hall–Kier alpha value is -3.24. The second-order valence-electron chi connectivity index (χ2n) is 7.09. The van der Waals surface area contributed by atoms with Gasteiger partial charge in [-0.15, -0.1) is 0 Å². The number of amides is 1. The number of fused-ring (bicyclic) bond motifs is 1. The highest BCUT2D eigenvalue weighted by Crippen LogP contribution is 2.30. The molecular weight excluding hydrogens is 448 g/mol. The van der Waals surface area contributed by atoms with E-state index in [1.54, 1.807) is 24.3 Å². The summed E-state index contributed by atoms with van der Waals surface area (Å²) in [5, 5.41) is 8.24. The molecule has 0 aromatic heterocycles. The molecule has 1 N–H and O–H groups in total. The van der Waals surface area contributed by atoms with E-state index in [9.17, 15) is 13.2 Å². The summed E-state index contributed by atoms with van der Waals surface area (Å²) in [4.78, 5) is 17.5. The zero-order chi connectivity index (χ0) is 22.9. The molecule has 0 aliphatic carbocycles. The highest BCUT2D eigenvalue weighted by molar-refractivity contribution is 8.16. The molecule has 0 unspecified atom stereocenters. The molecule has 32 heavy (non-hydrogen) atoms. The quantitative estimate of drug-likeness (QED) is 0.530. The van der Waals surface area contributed by atoms with Crippen LogP contribution in [0.25, 0.3) is 6.08 Å². The lowest BCUT2D eigenvalue weighted by Crippen LogP contribution is -2.45. The molecule has 2 heterocycles. The van der Waals surface area contributed by atoms with Gasteiger partial charge in [0.05, 0.1) is 23.3 Å². The number of aliphatic imine (C=N–C) groups is 1. The lowest BCUT2D eigenvalue weighted by atomic mass is 10.1. The van der Waals surface area contributed by atoms with E-state index in [1.165, 1.54) is 13.0 Å². The number of benzene rings is 2. The number of sulfone groups is 1. The minimum atomic E-state index is -3.67. The van der Waals surface area contributed by atoms with Crippen LogP contribution < -0.4 is 4.74 Å². The van der Waals surface area contributed by atoms with Crippen LogP contribution in [0.1, 0.15) is 23.6 Å². The molecular formula is C22H20N4O4S2. The number of hydrogen-bond donors (Lipinski definition) is 1. The number of amidine groups is 3. The highest BCUT2D eigenvalue weighted by atomic mass is 32.2. The van der Waals surface area contributed by atoms with Crippen LogP contribution in [-0.2, 0) is 21.2 Å². The first kappa shape index (κ1) is 22.0. The number of carbonyl (C=O) groups excluding carboxylic acids is 1. The van der Waals surface area contributed by atoms with Crippen molar-refractivity contribution in [2.45, 2.75) is 20.5 Å². The molecule has 164 valence electrons. The molecule has 0 saturated carbocycles. The third-order valence-electron chi connectivity index (χ3n) is 5.00. The minimum absolute atomic E-state index is 0.0103. The molecule has 0 atom stereocenters. The van der Waals surface area contributed by atoms with Gasteiger partial charge in [0, 0.05) is 0 Å². The van der Waals surface area contributed by atoms with E-state index < -0.39 is 15.7 Å². The normalized spacial score (nSPS) is 17.3. The van der Waals surface area contributed by atoms with Gasteiger partial charge in [0.15, 0.2) is 0 Å². The fourth-order valence-corrected chi connectivity index (χ4v) is 5.05. The zero-order valence-corrected chi connectivity index (χ0v) is 19.0. The van der Waals surface area contributed by atoms with E-state index in [-0.39, 0.29) is 27.5 Å². The average molecular weight is 469 g/mol. The second-order valence-corrected chi connectivity index (χ2v) is 10.00. The van der Waals surface area contributed by atoms with Gasteiger partial charge in [-0.05, 0) is 41.8 Å². The fraction of sp³-hybridized carbons (Fsp3) is 0.182. The summed E-state index contributed by atoms with van der Waals surface area (Å²) in [6.45, 7) is 3.96. The van der Waals surface area contributed by atoms with E-state index in [2.05, 4.69) is 9.39 Å². The van der Waals surface area contributed by atoms with Crippen molar-refractivity contribution < 1.29 is 17.9 Å². The molecule has 10 heteroatoms. The number of rotatable bonds is 5. The number of aryl methyl sites for hydroxylation is 1. The van der Waals surface area contributed by atoms with Gasteiger partial charge in [-0.25, -0.2) is 13.3 Å². The van der Waals surface area contributed by atoms with Gasteiger partial charge in [0.25, 0.3) is 5.91 Å². The standard InChI is InChI=1S/C22H20N4O4S2/c1-3-32(28,29)22-25-31-21-24-20(27)18(19(23)26(21)22)12-15-8-10-17(11-9-15)30-13-16-7-5-4-6-14(16)2/h4-12,23H,3,13H2,1-2H3/b18-12-,23-19?. The Labute approximate surface area is 190 Å². The Kier molecular flexibility index (Phi) is 5.98. The lowest BCUT2D eigenvalue weighted by Gasteiger charge is -2.24. The van der Waals surface area contributed by atoms with Crippen LogP contribution in [-0.4, -0.2) is 41.1 Å². The smallest absolute Gasteiger partial charge is 0.283 e. The van der Waals surface area contributed by atoms with Crippen molar-refractivity contribution in [2.75, 3.05) is 5.75 Å². The summed E-state index contributed by atoms with van der Waals surface area (Å²) in [6.07, 6.45) is 1.51. The third kappa shape index (κ3) is 4.23. The monoisotopic (exact) mass is 468 g/mol. The Balaban J connectivity index is 1.53. The number of carbonyl (C=O) groups is 1. The summed E-state index contributed by atoms with van der Waals surface area (Å²) in [5.74, 6) is -0.375. The van der Waals surface area contributed by atoms with Gasteiger partial charge in [-0.1, -0.05) is 43.3 Å². The van der Waals surface area contributed by atoms with Gasteiger partial charge in [-0.2, -0.15) is 9.39 Å². The van der Waals surface area contributed by atoms with E-state index >= 15 is 0 Å². The van der Waals surface area contributed by atoms with Crippen molar-refractivity contribution in [1.29, 1.82) is 5.41 Å². The molecule has 4 rings (SSSR count). The largest absolute Gasteiger partial charge is 0.489 e. The molecule has 0 saturated heterocycles. The third-order valence-corrected chi connectivity index (χ3v) is 7.41. The fourth-order valence-electron chi connectivity index (χ4n) is 3.09. The topological polar surface area (TPSA) is 112 Å². The minimum Gasteiger partial charge on any atom is -0.489 e. The molecule has 8 nitrogen and oxygen atoms in total. The Morgan fingerprint density at radius 3 is 2.56 bits per heavy atom. The maximum atomic E-state index is 12.5.